The summed E-state index contributed by atoms with van der Waals surface area (Å²) in [7, 11) is 0. The number of benzene rings is 8. The molecule has 84 heavy (non-hydrogen) atoms. The molecule has 432 valence electrons. The van der Waals surface area contributed by atoms with E-state index in [2.05, 4.69) is 140 Å². The molecule has 0 radical (unpaired) electrons. The standard InChI is InChI=1S/C15H14FN.C15H15N.2C11H12ClN.C11H12FN.C11H13N/c1-15(2,3)14-7-4-10(9-17)12-6-5-11(16)8-13(12)14;1-15(2,3)14-9-8-11(10-16)12-6-4-5-7-13(12)14;1-11(2,3)9-5-4-8(7-13)10(12)6-9;2*1-11(2,3)9-5-4-8(7-13)6-10(9)12;1-11(2,3)10-6-4-9(8-12)5-7-10/h4-8H,1-3H3;4-9H,1-3H3;3*4-6H,1-3H3;4-7H,1-3H3. The van der Waals surface area contributed by atoms with Gasteiger partial charge in [0.1, 0.15) is 17.7 Å². The van der Waals surface area contributed by atoms with Gasteiger partial charge in [-0.25, -0.2) is 8.78 Å². The van der Waals surface area contributed by atoms with E-state index in [0.717, 1.165) is 44.0 Å². The molecule has 0 spiro atoms. The minimum atomic E-state index is -0.299. The summed E-state index contributed by atoms with van der Waals surface area (Å²) in [6.07, 6.45) is 0. The lowest BCUT2D eigenvalue weighted by molar-refractivity contribution is 0.522. The van der Waals surface area contributed by atoms with Crippen LogP contribution < -0.4 is 0 Å². The first kappa shape index (κ1) is 69.9. The molecular weight excluding hydrogens is 1080 g/mol. The molecule has 8 aromatic rings. The summed E-state index contributed by atoms with van der Waals surface area (Å²) >= 11 is 12.0. The third-order valence-electron chi connectivity index (χ3n) is 13.4. The molecule has 10 heteroatoms. The fourth-order valence-electron chi connectivity index (χ4n) is 8.63. The molecular formula is C74H78Cl2F2N6. The van der Waals surface area contributed by atoms with E-state index in [4.69, 9.17) is 54.8 Å². The van der Waals surface area contributed by atoms with E-state index in [1.54, 1.807) is 42.5 Å². The van der Waals surface area contributed by atoms with Gasteiger partial charge in [0.05, 0.1) is 68.7 Å². The van der Waals surface area contributed by atoms with Gasteiger partial charge in [-0.05, 0) is 160 Å². The van der Waals surface area contributed by atoms with Gasteiger partial charge < -0.3 is 0 Å². The van der Waals surface area contributed by atoms with E-state index in [9.17, 15) is 8.78 Å². The second kappa shape index (κ2) is 29.3. The zero-order valence-corrected chi connectivity index (χ0v) is 53.6. The monoisotopic (exact) mass is 1160 g/mol. The minimum absolute atomic E-state index is 0.0328. The van der Waals surface area contributed by atoms with Crippen LogP contribution in [0, 0.1) is 79.6 Å². The molecule has 0 bridgehead atoms. The number of hydrogen-bond acceptors (Lipinski definition) is 6. The Balaban J connectivity index is 0.000000265. The molecule has 0 N–H and O–H groups in total. The maximum atomic E-state index is 13.4. The first-order chi connectivity index (χ1) is 38.8. The maximum Gasteiger partial charge on any atom is 0.128 e. The summed E-state index contributed by atoms with van der Waals surface area (Å²) in [5.74, 6) is -0.565. The van der Waals surface area contributed by atoms with Gasteiger partial charge in [-0.1, -0.05) is 221 Å². The van der Waals surface area contributed by atoms with Crippen LogP contribution in [0.1, 0.15) is 191 Å². The number of rotatable bonds is 0. The largest absolute Gasteiger partial charge is 0.207 e. The van der Waals surface area contributed by atoms with E-state index in [1.165, 1.54) is 34.7 Å². The molecule has 0 aliphatic carbocycles. The van der Waals surface area contributed by atoms with Crippen LogP contribution in [0.2, 0.25) is 10.0 Å². The average Bonchev–Trinajstić information content (AvgIpc) is 3.13. The molecule has 0 aromatic heterocycles. The fourth-order valence-corrected chi connectivity index (χ4v) is 9.31. The molecule has 0 saturated carbocycles. The van der Waals surface area contributed by atoms with Crippen LogP contribution >= 0.6 is 23.2 Å². The van der Waals surface area contributed by atoms with Gasteiger partial charge in [-0.3, -0.25) is 0 Å². The molecule has 0 amide bonds. The SMILES string of the molecule is CC(C)(C)c1ccc(C#N)c(Cl)c1.CC(C)(C)c1ccc(C#N)c2ccc(F)cc12.CC(C)(C)c1ccc(C#N)c2ccccc12.CC(C)(C)c1ccc(C#N)cc1.CC(C)(C)c1ccc(C#N)cc1Cl.CC(C)(C)c1ccc(C#N)cc1F. The minimum Gasteiger partial charge on any atom is -0.207 e. The Labute approximate surface area is 509 Å². The van der Waals surface area contributed by atoms with Crippen molar-refractivity contribution in [1.29, 1.82) is 31.6 Å². The topological polar surface area (TPSA) is 143 Å². The summed E-state index contributed by atoms with van der Waals surface area (Å²) in [4.78, 5) is 0. The quantitative estimate of drug-likeness (QED) is 0.148. The molecule has 0 aliphatic rings. The Hall–Kier alpha value is -8.34. The van der Waals surface area contributed by atoms with Crippen molar-refractivity contribution in [2.75, 3.05) is 0 Å². The predicted molar refractivity (Wildman–Crippen MR) is 344 cm³/mol. The second-order valence-electron chi connectivity index (χ2n) is 26.4. The molecule has 8 aromatic carbocycles. The van der Waals surface area contributed by atoms with Crippen molar-refractivity contribution >= 4 is 44.7 Å². The zero-order chi connectivity index (χ0) is 63.8. The lowest BCUT2D eigenvalue weighted by Gasteiger charge is -2.21. The number of nitrogens with zero attached hydrogens (tertiary/aromatic N) is 6. The van der Waals surface area contributed by atoms with Crippen molar-refractivity contribution in [1.82, 2.24) is 0 Å². The summed E-state index contributed by atoms with van der Waals surface area (Å²) in [6.45, 7) is 37.8. The van der Waals surface area contributed by atoms with E-state index in [1.807, 2.05) is 106 Å². The van der Waals surface area contributed by atoms with Crippen molar-refractivity contribution < 1.29 is 8.78 Å². The van der Waals surface area contributed by atoms with Crippen LogP contribution in [-0.2, 0) is 32.5 Å². The molecule has 0 heterocycles. The Morgan fingerprint density at radius 1 is 0.298 bits per heavy atom. The first-order valence-corrected chi connectivity index (χ1v) is 28.3. The first-order valence-electron chi connectivity index (χ1n) is 27.5. The van der Waals surface area contributed by atoms with E-state index >= 15 is 0 Å². The Morgan fingerprint density at radius 2 is 0.679 bits per heavy atom. The Bertz CT molecular complexity index is 3780. The zero-order valence-electron chi connectivity index (χ0n) is 52.1. The number of hydrogen-bond donors (Lipinski definition) is 0. The third-order valence-corrected chi connectivity index (χ3v) is 14.0. The van der Waals surface area contributed by atoms with Gasteiger partial charge in [0.2, 0.25) is 0 Å². The molecule has 0 unspecified atom stereocenters. The third kappa shape index (κ3) is 20.2. The smallest absolute Gasteiger partial charge is 0.128 e. The Morgan fingerprint density at radius 3 is 1.08 bits per heavy atom. The van der Waals surface area contributed by atoms with E-state index in [0.29, 0.717) is 37.9 Å². The summed E-state index contributed by atoms with van der Waals surface area (Å²) in [5.41, 5.74) is 10.2. The van der Waals surface area contributed by atoms with Crippen molar-refractivity contribution in [2.24, 2.45) is 0 Å². The number of fused-ring (bicyclic) bond motifs is 2. The van der Waals surface area contributed by atoms with Crippen LogP contribution in [0.4, 0.5) is 8.78 Å². The number of nitriles is 6. The fraction of sp³-hybridized carbons (Fsp3) is 0.324. The van der Waals surface area contributed by atoms with Crippen LogP contribution in [0.3, 0.4) is 0 Å². The molecule has 0 aliphatic heterocycles. The molecule has 0 atom stereocenters. The van der Waals surface area contributed by atoms with Gasteiger partial charge in [0.15, 0.2) is 0 Å². The van der Waals surface area contributed by atoms with E-state index in [-0.39, 0.29) is 44.1 Å². The predicted octanol–water partition coefficient (Wildman–Crippen LogP) is 21.0. The summed E-state index contributed by atoms with van der Waals surface area (Å²) in [5, 5.41) is 57.7. The number of halogens is 4. The molecule has 8 rings (SSSR count). The maximum absolute atomic E-state index is 13.4. The van der Waals surface area contributed by atoms with Crippen molar-refractivity contribution in [3.05, 3.63) is 234 Å². The lowest BCUT2D eigenvalue weighted by Crippen LogP contribution is -2.13. The van der Waals surface area contributed by atoms with Crippen LogP contribution in [0.15, 0.2) is 146 Å². The molecule has 0 fully saturated rings. The van der Waals surface area contributed by atoms with Gasteiger partial charge >= 0.3 is 0 Å². The highest BCUT2D eigenvalue weighted by atomic mass is 35.5. The summed E-state index contributed by atoms with van der Waals surface area (Å²) in [6, 6.07) is 56.3. The molecule has 0 saturated heterocycles. The Kier molecular flexibility index (Phi) is 24.4. The van der Waals surface area contributed by atoms with Crippen LogP contribution in [0.5, 0.6) is 0 Å². The average molecular weight is 1160 g/mol. The van der Waals surface area contributed by atoms with E-state index < -0.39 is 0 Å². The van der Waals surface area contributed by atoms with Gasteiger partial charge in [0.25, 0.3) is 0 Å². The summed E-state index contributed by atoms with van der Waals surface area (Å²) < 4.78 is 26.7. The molecule has 6 nitrogen and oxygen atoms in total. The highest BCUT2D eigenvalue weighted by molar-refractivity contribution is 6.32. The van der Waals surface area contributed by atoms with Crippen molar-refractivity contribution in [3.63, 3.8) is 0 Å². The van der Waals surface area contributed by atoms with Gasteiger partial charge in [-0.15, -0.1) is 0 Å². The second-order valence-corrected chi connectivity index (χ2v) is 27.2. The van der Waals surface area contributed by atoms with Gasteiger partial charge in [-0.2, -0.15) is 31.6 Å². The van der Waals surface area contributed by atoms with Crippen molar-refractivity contribution in [2.45, 2.75) is 157 Å². The highest BCUT2D eigenvalue weighted by Gasteiger charge is 2.22. The van der Waals surface area contributed by atoms with Crippen molar-refractivity contribution in [3.8, 4) is 36.4 Å². The lowest BCUT2D eigenvalue weighted by atomic mass is 9.83. The highest BCUT2D eigenvalue weighted by Crippen LogP contribution is 2.35. The van der Waals surface area contributed by atoms with Crippen LogP contribution in [0.25, 0.3) is 21.5 Å². The van der Waals surface area contributed by atoms with Gasteiger partial charge in [0, 0.05) is 5.02 Å². The normalized spacial score (nSPS) is 11.1. The van der Waals surface area contributed by atoms with Crippen LogP contribution in [-0.4, -0.2) is 0 Å².